The van der Waals surface area contributed by atoms with E-state index in [-0.39, 0.29) is 18.5 Å². The monoisotopic (exact) mass is 293 g/mol. The second-order valence-corrected chi connectivity index (χ2v) is 6.03. The molecular formula is C11H13F2NO4S. The highest BCUT2D eigenvalue weighted by Crippen LogP contribution is 2.08. The molecule has 0 saturated carbocycles. The fourth-order valence-electron chi connectivity index (χ4n) is 1.35. The highest BCUT2D eigenvalue weighted by molar-refractivity contribution is 7.90. The van der Waals surface area contributed by atoms with Gasteiger partial charge in [-0.1, -0.05) is 0 Å². The van der Waals surface area contributed by atoms with Gasteiger partial charge in [-0.15, -0.1) is 0 Å². The molecule has 1 aromatic carbocycles. The number of rotatable bonds is 6. The molecule has 0 heterocycles. The van der Waals surface area contributed by atoms with Gasteiger partial charge >= 0.3 is 5.97 Å². The normalized spacial score (nSPS) is 13.2. The molecule has 19 heavy (non-hydrogen) atoms. The van der Waals surface area contributed by atoms with Crippen LogP contribution in [-0.4, -0.2) is 31.3 Å². The van der Waals surface area contributed by atoms with Gasteiger partial charge < -0.3 is 5.11 Å². The predicted octanol–water partition coefficient (Wildman–Crippen LogP) is 0.900. The van der Waals surface area contributed by atoms with Crippen LogP contribution in [0.1, 0.15) is 12.5 Å². The Morgan fingerprint density at radius 1 is 1.32 bits per heavy atom. The van der Waals surface area contributed by atoms with E-state index in [0.29, 0.717) is 6.07 Å². The highest BCUT2D eigenvalue weighted by atomic mass is 32.2. The minimum absolute atomic E-state index is 0.0558. The SMILES string of the molecule is CC(C(=O)O)S(=O)(=O)NCCc1cc(F)cc(F)c1. The fraction of sp³-hybridized carbons (Fsp3) is 0.364. The lowest BCUT2D eigenvalue weighted by molar-refractivity contribution is -0.136. The number of aliphatic carboxylic acids is 1. The van der Waals surface area contributed by atoms with Crippen LogP contribution in [0.3, 0.4) is 0 Å². The van der Waals surface area contributed by atoms with E-state index in [1.165, 1.54) is 0 Å². The summed E-state index contributed by atoms with van der Waals surface area (Å²) in [6.45, 7) is 0.898. The van der Waals surface area contributed by atoms with E-state index in [2.05, 4.69) is 4.72 Å². The van der Waals surface area contributed by atoms with Crippen molar-refractivity contribution in [2.75, 3.05) is 6.54 Å². The van der Waals surface area contributed by atoms with Crippen LogP contribution in [0.2, 0.25) is 0 Å². The third-order valence-electron chi connectivity index (χ3n) is 2.45. The third-order valence-corrected chi connectivity index (χ3v) is 4.19. The van der Waals surface area contributed by atoms with Gasteiger partial charge in [0.05, 0.1) is 0 Å². The molecule has 1 unspecified atom stereocenters. The molecule has 0 aliphatic rings. The molecule has 0 amide bonds. The maximum Gasteiger partial charge on any atom is 0.323 e. The third kappa shape index (κ3) is 4.56. The Labute approximate surface area is 109 Å². The molecule has 0 saturated heterocycles. The first-order valence-electron chi connectivity index (χ1n) is 5.38. The first kappa shape index (κ1) is 15.5. The molecule has 0 fully saturated rings. The smallest absolute Gasteiger partial charge is 0.323 e. The molecule has 5 nitrogen and oxygen atoms in total. The zero-order chi connectivity index (χ0) is 14.6. The fourth-order valence-corrected chi connectivity index (χ4v) is 2.25. The molecule has 1 rings (SSSR count). The molecule has 0 aromatic heterocycles. The van der Waals surface area contributed by atoms with Crippen LogP contribution in [-0.2, 0) is 21.2 Å². The summed E-state index contributed by atoms with van der Waals surface area (Å²) < 4.78 is 50.7. The van der Waals surface area contributed by atoms with Crippen molar-refractivity contribution in [3.8, 4) is 0 Å². The van der Waals surface area contributed by atoms with Crippen LogP contribution < -0.4 is 4.72 Å². The van der Waals surface area contributed by atoms with E-state index in [1.807, 2.05) is 0 Å². The summed E-state index contributed by atoms with van der Waals surface area (Å²) in [4.78, 5) is 10.6. The Bertz CT molecular complexity index is 554. The second-order valence-electron chi connectivity index (χ2n) is 3.95. The van der Waals surface area contributed by atoms with Gasteiger partial charge in [0.1, 0.15) is 11.6 Å². The molecule has 0 aliphatic heterocycles. The lowest BCUT2D eigenvalue weighted by Crippen LogP contribution is -2.38. The van der Waals surface area contributed by atoms with Crippen molar-refractivity contribution in [3.63, 3.8) is 0 Å². The quantitative estimate of drug-likeness (QED) is 0.816. The summed E-state index contributed by atoms with van der Waals surface area (Å²) in [5.74, 6) is -2.97. The number of sulfonamides is 1. The van der Waals surface area contributed by atoms with Gasteiger partial charge in [-0.3, -0.25) is 4.79 Å². The molecule has 1 atom stereocenters. The van der Waals surface area contributed by atoms with E-state index in [9.17, 15) is 22.0 Å². The number of carboxylic acids is 1. The van der Waals surface area contributed by atoms with Crippen molar-refractivity contribution in [1.82, 2.24) is 4.72 Å². The van der Waals surface area contributed by atoms with Crippen molar-refractivity contribution in [3.05, 3.63) is 35.4 Å². The van der Waals surface area contributed by atoms with Crippen molar-refractivity contribution in [2.24, 2.45) is 0 Å². The zero-order valence-corrected chi connectivity index (χ0v) is 10.9. The summed E-state index contributed by atoms with van der Waals surface area (Å²) >= 11 is 0. The standard InChI is InChI=1S/C11H13F2NO4S/c1-7(11(15)16)19(17,18)14-3-2-8-4-9(12)6-10(13)5-8/h4-7,14H,2-3H2,1H3,(H,15,16). The van der Waals surface area contributed by atoms with Crippen molar-refractivity contribution >= 4 is 16.0 Å². The maximum atomic E-state index is 12.9. The van der Waals surface area contributed by atoms with Gasteiger partial charge in [-0.25, -0.2) is 21.9 Å². The number of carbonyl (C=O) groups is 1. The molecule has 1 aromatic rings. The summed E-state index contributed by atoms with van der Waals surface area (Å²) in [7, 11) is -3.99. The molecule has 0 bridgehead atoms. The molecule has 106 valence electrons. The Morgan fingerprint density at radius 3 is 2.32 bits per heavy atom. The summed E-state index contributed by atoms with van der Waals surface area (Å²) in [5, 5.41) is 7.00. The van der Waals surface area contributed by atoms with Crippen LogP contribution in [0, 0.1) is 11.6 Å². The number of nitrogens with one attached hydrogen (secondary N) is 1. The average Bonchev–Trinajstić information content (AvgIpc) is 2.26. The summed E-state index contributed by atoms with van der Waals surface area (Å²) in [6.07, 6.45) is 0.0558. The number of hydrogen-bond acceptors (Lipinski definition) is 3. The number of hydrogen-bond donors (Lipinski definition) is 2. The lowest BCUT2D eigenvalue weighted by Gasteiger charge is -2.10. The minimum Gasteiger partial charge on any atom is -0.480 e. The van der Waals surface area contributed by atoms with E-state index in [0.717, 1.165) is 19.1 Å². The first-order valence-corrected chi connectivity index (χ1v) is 6.93. The maximum absolute atomic E-state index is 12.9. The summed E-state index contributed by atoms with van der Waals surface area (Å²) in [6, 6.07) is 2.87. The van der Waals surface area contributed by atoms with Crippen LogP contribution in [0.25, 0.3) is 0 Å². The van der Waals surface area contributed by atoms with E-state index in [1.54, 1.807) is 0 Å². The minimum atomic E-state index is -3.99. The van der Waals surface area contributed by atoms with Gasteiger partial charge in [0, 0.05) is 12.6 Å². The van der Waals surface area contributed by atoms with Gasteiger partial charge in [-0.05, 0) is 31.0 Å². The van der Waals surface area contributed by atoms with E-state index < -0.39 is 32.9 Å². The Hall–Kier alpha value is -1.54. The molecule has 0 radical (unpaired) electrons. The number of benzene rings is 1. The summed E-state index contributed by atoms with van der Waals surface area (Å²) in [5.41, 5.74) is 0.281. The molecule has 0 spiro atoms. The van der Waals surface area contributed by atoms with Gasteiger partial charge in [0.2, 0.25) is 10.0 Å². The first-order chi connectivity index (χ1) is 8.72. The van der Waals surface area contributed by atoms with Crippen molar-refractivity contribution < 1.29 is 27.1 Å². The van der Waals surface area contributed by atoms with Crippen LogP contribution >= 0.6 is 0 Å². The molecular weight excluding hydrogens is 280 g/mol. The Balaban J connectivity index is 2.61. The Morgan fingerprint density at radius 2 is 1.84 bits per heavy atom. The number of halogens is 2. The second kappa shape index (κ2) is 6.07. The van der Waals surface area contributed by atoms with Crippen LogP contribution in [0.4, 0.5) is 8.78 Å². The largest absolute Gasteiger partial charge is 0.480 e. The lowest BCUT2D eigenvalue weighted by atomic mass is 10.1. The molecule has 2 N–H and O–H groups in total. The van der Waals surface area contributed by atoms with Crippen molar-refractivity contribution in [2.45, 2.75) is 18.6 Å². The predicted molar refractivity (Wildman–Crippen MR) is 64.1 cm³/mol. The van der Waals surface area contributed by atoms with Crippen LogP contribution in [0.15, 0.2) is 18.2 Å². The van der Waals surface area contributed by atoms with Crippen LogP contribution in [0.5, 0.6) is 0 Å². The number of carboxylic acid groups (broad SMARTS) is 1. The Kier molecular flexibility index (Phi) is 4.96. The van der Waals surface area contributed by atoms with Gasteiger partial charge in [-0.2, -0.15) is 0 Å². The topological polar surface area (TPSA) is 83.5 Å². The van der Waals surface area contributed by atoms with Gasteiger partial charge in [0.15, 0.2) is 5.25 Å². The average molecular weight is 293 g/mol. The molecule has 8 heteroatoms. The zero-order valence-electron chi connectivity index (χ0n) is 10.1. The molecule has 0 aliphatic carbocycles. The van der Waals surface area contributed by atoms with Crippen molar-refractivity contribution in [1.29, 1.82) is 0 Å². The highest BCUT2D eigenvalue weighted by Gasteiger charge is 2.26. The van der Waals surface area contributed by atoms with Gasteiger partial charge in [0.25, 0.3) is 0 Å². The van der Waals surface area contributed by atoms with E-state index in [4.69, 9.17) is 5.11 Å². The van der Waals surface area contributed by atoms with E-state index >= 15 is 0 Å².